The molecule has 2 rings (SSSR count). The van der Waals surface area contributed by atoms with Crippen LogP contribution in [0.1, 0.15) is 5.56 Å². The van der Waals surface area contributed by atoms with Gasteiger partial charge in [0.1, 0.15) is 9.39 Å². The highest BCUT2D eigenvalue weighted by atomic mass is 127. The van der Waals surface area contributed by atoms with Gasteiger partial charge in [0.15, 0.2) is 0 Å². The molecule has 0 amide bonds. The third kappa shape index (κ3) is 3.53. The Labute approximate surface area is 127 Å². The Hall–Kier alpha value is -1.97. The van der Waals surface area contributed by atoms with Gasteiger partial charge in [-0.15, -0.1) is 0 Å². The van der Waals surface area contributed by atoms with Gasteiger partial charge in [-0.3, -0.25) is 14.9 Å². The average Bonchev–Trinajstić information content (AvgIpc) is 2.44. The highest BCUT2D eigenvalue weighted by Gasteiger charge is 2.06. The molecule has 0 saturated carbocycles. The van der Waals surface area contributed by atoms with Gasteiger partial charge >= 0.3 is 0 Å². The number of aromatic nitrogens is 2. The number of nitrogens with one attached hydrogen (secondary N) is 2. The van der Waals surface area contributed by atoms with Crippen LogP contribution in [0.4, 0.5) is 11.5 Å². The minimum atomic E-state index is -0.426. The molecule has 8 heteroatoms. The quantitative estimate of drug-likeness (QED) is 0.465. The molecule has 2 N–H and O–H groups in total. The lowest BCUT2D eigenvalue weighted by atomic mass is 10.1. The van der Waals surface area contributed by atoms with E-state index in [0.717, 1.165) is 5.56 Å². The van der Waals surface area contributed by atoms with Crippen molar-refractivity contribution < 1.29 is 4.92 Å². The predicted octanol–water partition coefficient (Wildman–Crippen LogP) is 1.94. The van der Waals surface area contributed by atoms with E-state index < -0.39 is 4.92 Å². The number of rotatable bonds is 5. The van der Waals surface area contributed by atoms with Gasteiger partial charge in [-0.2, -0.15) is 0 Å². The summed E-state index contributed by atoms with van der Waals surface area (Å²) in [6.45, 7) is 0.588. The standard InChI is InChI=1S/C12H11IN4O3/c13-10-11(15-7-16-12(10)18)14-6-5-8-1-3-9(4-2-8)17(19)20/h1-4,7H,5-6H2,(H2,14,15,16,18). The van der Waals surface area contributed by atoms with Crippen molar-refractivity contribution in [1.29, 1.82) is 0 Å². The molecule has 104 valence electrons. The van der Waals surface area contributed by atoms with E-state index in [4.69, 9.17) is 0 Å². The molecule has 0 spiro atoms. The van der Waals surface area contributed by atoms with Crippen molar-refractivity contribution in [2.24, 2.45) is 0 Å². The van der Waals surface area contributed by atoms with E-state index in [9.17, 15) is 14.9 Å². The topological polar surface area (TPSA) is 101 Å². The smallest absolute Gasteiger partial charge is 0.269 e. The fourth-order valence-corrected chi connectivity index (χ4v) is 2.10. The number of benzene rings is 1. The Morgan fingerprint density at radius 2 is 2.05 bits per heavy atom. The zero-order valence-corrected chi connectivity index (χ0v) is 12.5. The molecule has 0 aliphatic heterocycles. The van der Waals surface area contributed by atoms with E-state index in [0.29, 0.717) is 22.4 Å². The number of anilines is 1. The first kappa shape index (κ1) is 14.4. The molecule has 0 saturated heterocycles. The zero-order chi connectivity index (χ0) is 14.5. The maximum absolute atomic E-state index is 11.4. The highest BCUT2D eigenvalue weighted by Crippen LogP contribution is 2.13. The van der Waals surface area contributed by atoms with E-state index in [1.807, 2.05) is 22.6 Å². The van der Waals surface area contributed by atoms with Gasteiger partial charge in [-0.05, 0) is 34.6 Å². The van der Waals surface area contributed by atoms with Crippen LogP contribution in [0, 0.1) is 13.7 Å². The molecule has 20 heavy (non-hydrogen) atoms. The summed E-state index contributed by atoms with van der Waals surface area (Å²) in [5.74, 6) is 0.538. The highest BCUT2D eigenvalue weighted by molar-refractivity contribution is 14.1. The fourth-order valence-electron chi connectivity index (χ4n) is 1.62. The normalized spacial score (nSPS) is 10.2. The first-order valence-corrected chi connectivity index (χ1v) is 6.86. The van der Waals surface area contributed by atoms with E-state index in [1.165, 1.54) is 18.5 Å². The monoisotopic (exact) mass is 386 g/mol. The number of H-pyrrole nitrogens is 1. The molecule has 1 aromatic carbocycles. The van der Waals surface area contributed by atoms with Crippen molar-refractivity contribution in [2.75, 3.05) is 11.9 Å². The number of halogens is 1. The summed E-state index contributed by atoms with van der Waals surface area (Å²) in [6.07, 6.45) is 2.03. The molecule has 0 radical (unpaired) electrons. The minimum absolute atomic E-state index is 0.0764. The van der Waals surface area contributed by atoms with Crippen LogP contribution in [0.25, 0.3) is 0 Å². The van der Waals surface area contributed by atoms with Crippen LogP contribution in [0.15, 0.2) is 35.4 Å². The van der Waals surface area contributed by atoms with Crippen molar-refractivity contribution in [3.63, 3.8) is 0 Å². The van der Waals surface area contributed by atoms with E-state index in [1.54, 1.807) is 12.1 Å². The molecule has 1 heterocycles. The number of nitrogens with zero attached hydrogens (tertiary/aromatic N) is 2. The predicted molar refractivity (Wildman–Crippen MR) is 82.9 cm³/mol. The molecule has 0 aliphatic rings. The van der Waals surface area contributed by atoms with Crippen molar-refractivity contribution in [3.05, 3.63) is 60.2 Å². The molecule has 2 aromatic rings. The molecule has 7 nitrogen and oxygen atoms in total. The maximum atomic E-state index is 11.4. The SMILES string of the molecule is O=c1[nH]cnc(NCCc2ccc([N+](=O)[O-])cc2)c1I. The summed E-state index contributed by atoms with van der Waals surface area (Å²) in [7, 11) is 0. The Morgan fingerprint density at radius 3 is 2.70 bits per heavy atom. The molecular formula is C12H11IN4O3. The van der Waals surface area contributed by atoms with Gasteiger partial charge in [-0.25, -0.2) is 4.98 Å². The van der Waals surface area contributed by atoms with E-state index in [-0.39, 0.29) is 11.2 Å². The third-order valence-electron chi connectivity index (χ3n) is 2.65. The average molecular weight is 386 g/mol. The van der Waals surface area contributed by atoms with Crippen molar-refractivity contribution in [2.45, 2.75) is 6.42 Å². The van der Waals surface area contributed by atoms with Crippen LogP contribution in [0.2, 0.25) is 0 Å². The van der Waals surface area contributed by atoms with Crippen LogP contribution in [-0.2, 0) is 6.42 Å². The fraction of sp³-hybridized carbons (Fsp3) is 0.167. The third-order valence-corrected chi connectivity index (χ3v) is 3.65. The summed E-state index contributed by atoms with van der Waals surface area (Å²) >= 11 is 1.93. The second-order valence-corrected chi connectivity index (χ2v) is 5.07. The Balaban J connectivity index is 1.94. The lowest BCUT2D eigenvalue weighted by Gasteiger charge is -2.06. The van der Waals surface area contributed by atoms with Gasteiger partial charge in [0.05, 0.1) is 11.3 Å². The Bertz CT molecular complexity index is 669. The number of nitro groups is 1. The molecule has 0 atom stereocenters. The number of hydrogen-bond acceptors (Lipinski definition) is 5. The number of aromatic amines is 1. The minimum Gasteiger partial charge on any atom is -0.369 e. The van der Waals surface area contributed by atoms with Gasteiger partial charge in [0, 0.05) is 18.7 Å². The summed E-state index contributed by atoms with van der Waals surface area (Å²) in [5, 5.41) is 13.6. The van der Waals surface area contributed by atoms with Crippen LogP contribution in [0.3, 0.4) is 0 Å². The maximum Gasteiger partial charge on any atom is 0.269 e. The van der Waals surface area contributed by atoms with Gasteiger partial charge in [0.25, 0.3) is 11.2 Å². The number of non-ortho nitro benzene ring substituents is 1. The Kier molecular flexibility index (Phi) is 4.66. The zero-order valence-electron chi connectivity index (χ0n) is 10.3. The van der Waals surface area contributed by atoms with Crippen molar-refractivity contribution in [3.8, 4) is 0 Å². The molecule has 0 bridgehead atoms. The Morgan fingerprint density at radius 1 is 1.35 bits per heavy atom. The van der Waals surface area contributed by atoms with Gasteiger partial charge in [-0.1, -0.05) is 12.1 Å². The van der Waals surface area contributed by atoms with Crippen molar-refractivity contribution in [1.82, 2.24) is 9.97 Å². The summed E-state index contributed by atoms with van der Waals surface area (Å²) in [4.78, 5) is 28.0. The lowest BCUT2D eigenvalue weighted by Crippen LogP contribution is -2.16. The molecule has 1 aromatic heterocycles. The van der Waals surface area contributed by atoms with Crippen molar-refractivity contribution >= 4 is 34.1 Å². The van der Waals surface area contributed by atoms with Crippen LogP contribution in [0.5, 0.6) is 0 Å². The largest absolute Gasteiger partial charge is 0.369 e. The second kappa shape index (κ2) is 6.46. The van der Waals surface area contributed by atoms with Crippen LogP contribution < -0.4 is 10.9 Å². The van der Waals surface area contributed by atoms with Gasteiger partial charge in [0.2, 0.25) is 0 Å². The molecular weight excluding hydrogens is 375 g/mol. The number of hydrogen-bond donors (Lipinski definition) is 2. The first-order chi connectivity index (χ1) is 9.58. The molecule has 0 fully saturated rings. The lowest BCUT2D eigenvalue weighted by molar-refractivity contribution is -0.384. The summed E-state index contributed by atoms with van der Waals surface area (Å²) in [6, 6.07) is 6.39. The first-order valence-electron chi connectivity index (χ1n) is 5.78. The van der Waals surface area contributed by atoms with Crippen LogP contribution in [-0.4, -0.2) is 21.4 Å². The number of nitro benzene ring substituents is 1. The van der Waals surface area contributed by atoms with E-state index >= 15 is 0 Å². The van der Waals surface area contributed by atoms with Crippen LogP contribution >= 0.6 is 22.6 Å². The second-order valence-electron chi connectivity index (χ2n) is 3.99. The molecule has 0 unspecified atom stereocenters. The van der Waals surface area contributed by atoms with Gasteiger partial charge < -0.3 is 10.3 Å². The summed E-state index contributed by atoms with van der Waals surface area (Å²) in [5.41, 5.74) is 0.869. The molecule has 0 aliphatic carbocycles. The van der Waals surface area contributed by atoms with E-state index in [2.05, 4.69) is 15.3 Å². The summed E-state index contributed by atoms with van der Waals surface area (Å²) < 4.78 is 0.508.